The summed E-state index contributed by atoms with van der Waals surface area (Å²) in [5.74, 6) is 1.45. The van der Waals surface area contributed by atoms with Crippen LogP contribution in [0.5, 0.6) is 11.5 Å². The summed E-state index contributed by atoms with van der Waals surface area (Å²) in [6.07, 6.45) is 4.21. The van der Waals surface area contributed by atoms with Crippen molar-refractivity contribution in [3.05, 3.63) is 40.7 Å². The molecule has 0 bridgehead atoms. The van der Waals surface area contributed by atoms with Gasteiger partial charge in [0.15, 0.2) is 17.2 Å². The molecule has 1 aliphatic carbocycles. The third kappa shape index (κ3) is 2.54. The molecular weight excluding hydrogens is 294 g/mol. The van der Waals surface area contributed by atoms with Gasteiger partial charge in [-0.05, 0) is 43.4 Å². The van der Waals surface area contributed by atoms with Crippen LogP contribution in [0.3, 0.4) is 0 Å². The Balaban J connectivity index is 1.51. The molecule has 2 aliphatic rings. The molecule has 0 spiro atoms. The number of nitrogens with zero attached hydrogens (tertiary/aromatic N) is 2. The molecule has 0 radical (unpaired) electrons. The Hall–Kier alpha value is -2.50. The molecule has 1 N–H and O–H groups in total. The maximum absolute atomic E-state index is 12.7. The number of carbonyl (C=O) groups is 1. The molecule has 23 heavy (non-hydrogen) atoms. The SMILES string of the molecule is CN(Cc1ccc2c(c1)OCO2)C(=O)c1n[nH]c2c1CCCC2. The Bertz CT molecular complexity index is 754. The van der Waals surface area contributed by atoms with Gasteiger partial charge in [0.2, 0.25) is 6.79 Å². The van der Waals surface area contributed by atoms with Crippen LogP contribution in [0.4, 0.5) is 0 Å². The minimum absolute atomic E-state index is 0.0398. The molecule has 0 saturated carbocycles. The van der Waals surface area contributed by atoms with E-state index in [0.29, 0.717) is 12.2 Å². The Morgan fingerprint density at radius 2 is 2.09 bits per heavy atom. The van der Waals surface area contributed by atoms with E-state index in [-0.39, 0.29) is 12.7 Å². The molecule has 1 aromatic heterocycles. The predicted molar refractivity (Wildman–Crippen MR) is 83.6 cm³/mol. The van der Waals surface area contributed by atoms with Gasteiger partial charge in [0.1, 0.15) is 0 Å². The highest BCUT2D eigenvalue weighted by atomic mass is 16.7. The van der Waals surface area contributed by atoms with Crippen molar-refractivity contribution in [1.29, 1.82) is 0 Å². The fourth-order valence-electron chi connectivity index (χ4n) is 3.22. The molecule has 0 atom stereocenters. The predicted octanol–water partition coefficient (Wildman–Crippen LogP) is 2.29. The minimum Gasteiger partial charge on any atom is -0.454 e. The molecule has 2 heterocycles. The molecule has 1 amide bonds. The number of carbonyl (C=O) groups excluding carboxylic acids is 1. The van der Waals surface area contributed by atoms with E-state index in [0.717, 1.165) is 54.0 Å². The van der Waals surface area contributed by atoms with Crippen LogP contribution in [0.1, 0.15) is 40.2 Å². The van der Waals surface area contributed by atoms with E-state index in [1.165, 1.54) is 0 Å². The van der Waals surface area contributed by atoms with Crippen molar-refractivity contribution in [1.82, 2.24) is 15.1 Å². The van der Waals surface area contributed by atoms with Gasteiger partial charge in [0.25, 0.3) is 5.91 Å². The van der Waals surface area contributed by atoms with Crippen LogP contribution in [0, 0.1) is 0 Å². The molecule has 1 aromatic carbocycles. The molecule has 120 valence electrons. The molecule has 6 nitrogen and oxygen atoms in total. The number of nitrogens with one attached hydrogen (secondary N) is 1. The van der Waals surface area contributed by atoms with E-state index in [1.807, 2.05) is 18.2 Å². The van der Waals surface area contributed by atoms with Gasteiger partial charge in [-0.25, -0.2) is 0 Å². The van der Waals surface area contributed by atoms with Crippen LogP contribution in [0.25, 0.3) is 0 Å². The van der Waals surface area contributed by atoms with Crippen molar-refractivity contribution in [2.24, 2.45) is 0 Å². The van der Waals surface area contributed by atoms with E-state index in [9.17, 15) is 4.79 Å². The third-order valence-corrected chi connectivity index (χ3v) is 4.46. The summed E-state index contributed by atoms with van der Waals surface area (Å²) in [5, 5.41) is 7.28. The second-order valence-electron chi connectivity index (χ2n) is 6.09. The number of hydrogen-bond donors (Lipinski definition) is 1. The van der Waals surface area contributed by atoms with Crippen LogP contribution < -0.4 is 9.47 Å². The first-order chi connectivity index (χ1) is 11.2. The monoisotopic (exact) mass is 313 g/mol. The van der Waals surface area contributed by atoms with Crippen molar-refractivity contribution in [3.63, 3.8) is 0 Å². The number of ether oxygens (including phenoxy) is 2. The highest BCUT2D eigenvalue weighted by Gasteiger charge is 2.24. The lowest BCUT2D eigenvalue weighted by atomic mass is 9.95. The fraction of sp³-hybridized carbons (Fsp3) is 0.412. The third-order valence-electron chi connectivity index (χ3n) is 4.46. The van der Waals surface area contributed by atoms with Crippen molar-refractivity contribution < 1.29 is 14.3 Å². The van der Waals surface area contributed by atoms with Gasteiger partial charge in [0.05, 0.1) is 0 Å². The van der Waals surface area contributed by atoms with Gasteiger partial charge in [0, 0.05) is 24.8 Å². The van der Waals surface area contributed by atoms with Crippen molar-refractivity contribution in [2.75, 3.05) is 13.8 Å². The zero-order chi connectivity index (χ0) is 15.8. The normalized spacial score (nSPS) is 15.3. The lowest BCUT2D eigenvalue weighted by Gasteiger charge is -2.18. The molecular formula is C17H19N3O3. The van der Waals surface area contributed by atoms with Crippen LogP contribution in [0.2, 0.25) is 0 Å². The van der Waals surface area contributed by atoms with Crippen LogP contribution in [0.15, 0.2) is 18.2 Å². The topological polar surface area (TPSA) is 67.5 Å². The Kier molecular flexibility index (Phi) is 3.44. The number of aromatic amines is 1. The summed E-state index contributed by atoms with van der Waals surface area (Å²) in [6.45, 7) is 0.768. The lowest BCUT2D eigenvalue weighted by Crippen LogP contribution is -2.27. The second-order valence-corrected chi connectivity index (χ2v) is 6.09. The smallest absolute Gasteiger partial charge is 0.274 e. The van der Waals surface area contributed by atoms with Gasteiger partial charge in [-0.15, -0.1) is 0 Å². The van der Waals surface area contributed by atoms with Gasteiger partial charge < -0.3 is 14.4 Å². The number of fused-ring (bicyclic) bond motifs is 2. The number of amides is 1. The van der Waals surface area contributed by atoms with Crippen LogP contribution >= 0.6 is 0 Å². The van der Waals surface area contributed by atoms with Gasteiger partial charge >= 0.3 is 0 Å². The van der Waals surface area contributed by atoms with Gasteiger partial charge in [-0.2, -0.15) is 5.10 Å². The maximum atomic E-state index is 12.7. The summed E-state index contributed by atoms with van der Waals surface area (Å²) in [7, 11) is 1.80. The van der Waals surface area contributed by atoms with Crippen LogP contribution in [-0.2, 0) is 19.4 Å². The van der Waals surface area contributed by atoms with E-state index >= 15 is 0 Å². The van der Waals surface area contributed by atoms with E-state index < -0.39 is 0 Å². The highest BCUT2D eigenvalue weighted by molar-refractivity contribution is 5.93. The van der Waals surface area contributed by atoms with E-state index in [2.05, 4.69) is 10.2 Å². The number of H-pyrrole nitrogens is 1. The number of aryl methyl sites for hydroxylation is 1. The molecule has 2 aromatic rings. The fourth-order valence-corrected chi connectivity index (χ4v) is 3.22. The number of benzene rings is 1. The van der Waals surface area contributed by atoms with E-state index in [4.69, 9.17) is 9.47 Å². The lowest BCUT2D eigenvalue weighted by molar-refractivity contribution is 0.0778. The molecule has 0 saturated heterocycles. The second kappa shape index (κ2) is 5.61. The number of aromatic nitrogens is 2. The molecule has 0 unspecified atom stereocenters. The average molecular weight is 313 g/mol. The van der Waals surface area contributed by atoms with Gasteiger partial charge in [-0.3, -0.25) is 9.89 Å². The molecule has 6 heteroatoms. The standard InChI is InChI=1S/C17H19N3O3/c1-20(9-11-6-7-14-15(8-11)23-10-22-14)17(21)16-12-4-2-3-5-13(12)18-19-16/h6-8H,2-5,9-10H2,1H3,(H,18,19). The summed E-state index contributed by atoms with van der Waals surface area (Å²) in [6, 6.07) is 5.76. The average Bonchev–Trinajstić information content (AvgIpc) is 3.20. The Morgan fingerprint density at radius 1 is 1.26 bits per heavy atom. The highest BCUT2D eigenvalue weighted by Crippen LogP contribution is 2.33. The summed E-state index contributed by atoms with van der Waals surface area (Å²) in [5.41, 5.74) is 3.80. The molecule has 1 aliphatic heterocycles. The van der Waals surface area contributed by atoms with Gasteiger partial charge in [-0.1, -0.05) is 6.07 Å². The number of rotatable bonds is 3. The number of hydrogen-bond acceptors (Lipinski definition) is 4. The first kappa shape index (κ1) is 14.1. The van der Waals surface area contributed by atoms with Crippen molar-refractivity contribution in [3.8, 4) is 11.5 Å². The molecule has 4 rings (SSSR count). The summed E-state index contributed by atoms with van der Waals surface area (Å²) >= 11 is 0. The zero-order valence-electron chi connectivity index (χ0n) is 13.1. The summed E-state index contributed by atoms with van der Waals surface area (Å²) in [4.78, 5) is 14.4. The maximum Gasteiger partial charge on any atom is 0.274 e. The van der Waals surface area contributed by atoms with Crippen molar-refractivity contribution in [2.45, 2.75) is 32.2 Å². The first-order valence-electron chi connectivity index (χ1n) is 7.92. The van der Waals surface area contributed by atoms with E-state index in [1.54, 1.807) is 11.9 Å². The minimum atomic E-state index is -0.0398. The largest absolute Gasteiger partial charge is 0.454 e. The molecule has 0 fully saturated rings. The Labute approximate surface area is 134 Å². The first-order valence-corrected chi connectivity index (χ1v) is 7.92. The van der Waals surface area contributed by atoms with Crippen LogP contribution in [-0.4, -0.2) is 34.8 Å². The quantitative estimate of drug-likeness (QED) is 0.944. The Morgan fingerprint density at radius 3 is 3.00 bits per heavy atom. The summed E-state index contributed by atoms with van der Waals surface area (Å²) < 4.78 is 10.7. The van der Waals surface area contributed by atoms with Crippen molar-refractivity contribution >= 4 is 5.91 Å². The zero-order valence-corrected chi connectivity index (χ0v) is 13.1.